The van der Waals surface area contributed by atoms with Crippen LogP contribution in [0.25, 0.3) is 22.6 Å². The van der Waals surface area contributed by atoms with Gasteiger partial charge in [-0.15, -0.1) is 0 Å². The molecule has 0 N–H and O–H groups in total. The Bertz CT molecular complexity index is 1430. The van der Waals surface area contributed by atoms with Crippen LogP contribution < -0.4 is 23.7 Å². The Kier molecular flexibility index (Phi) is 6.42. The predicted molar refractivity (Wildman–Crippen MR) is 142 cm³/mol. The number of para-hydroxylation sites is 1. The smallest absolute Gasteiger partial charge is 0.203 e. The molecule has 36 heavy (non-hydrogen) atoms. The van der Waals surface area contributed by atoms with Crippen molar-refractivity contribution in [2.45, 2.75) is 12.3 Å². The summed E-state index contributed by atoms with van der Waals surface area (Å²) in [5.74, 6) is 3.22. The van der Waals surface area contributed by atoms with Crippen molar-refractivity contribution in [3.63, 3.8) is 0 Å². The van der Waals surface area contributed by atoms with Gasteiger partial charge in [0.1, 0.15) is 0 Å². The number of pyridine rings is 1. The molecule has 184 valence electrons. The van der Waals surface area contributed by atoms with Gasteiger partial charge in [-0.3, -0.25) is 0 Å². The molecule has 0 amide bonds. The number of fused-ring (bicyclic) bond motifs is 2. The minimum atomic E-state index is 0.0445. The third-order valence-corrected chi connectivity index (χ3v) is 6.74. The van der Waals surface area contributed by atoms with E-state index in [1.54, 1.807) is 35.5 Å². The van der Waals surface area contributed by atoms with E-state index in [2.05, 4.69) is 30.3 Å². The lowest BCUT2D eigenvalue weighted by Crippen LogP contribution is -2.13. The highest BCUT2D eigenvalue weighted by Crippen LogP contribution is 2.47. The molecule has 1 aliphatic rings. The summed E-state index contributed by atoms with van der Waals surface area (Å²) >= 11 is 0. The second-order valence-electron chi connectivity index (χ2n) is 8.61. The number of methoxy groups -OCH3 is 5. The van der Waals surface area contributed by atoms with E-state index < -0.39 is 0 Å². The zero-order valence-corrected chi connectivity index (χ0v) is 21.1. The van der Waals surface area contributed by atoms with Crippen molar-refractivity contribution in [1.82, 2.24) is 4.98 Å². The summed E-state index contributed by atoms with van der Waals surface area (Å²) in [6.07, 6.45) is 2.96. The first-order chi connectivity index (χ1) is 17.6. The molecular weight excluding hydrogens is 454 g/mol. The Morgan fingerprint density at radius 1 is 0.694 bits per heavy atom. The third-order valence-electron chi connectivity index (χ3n) is 6.74. The largest absolute Gasteiger partial charge is 0.493 e. The SMILES string of the molecule is COc1ccc(C2Cc3cc4ccccc4nc3C=C2c2cc(OC)c(OC)c(OC)c2)cc1OC. The molecule has 0 saturated carbocycles. The van der Waals surface area contributed by atoms with Crippen LogP contribution in [0.2, 0.25) is 0 Å². The maximum Gasteiger partial charge on any atom is 0.203 e. The van der Waals surface area contributed by atoms with Gasteiger partial charge in [0.2, 0.25) is 5.75 Å². The summed E-state index contributed by atoms with van der Waals surface area (Å²) in [6.45, 7) is 0. The van der Waals surface area contributed by atoms with Gasteiger partial charge in [-0.1, -0.05) is 24.3 Å². The molecule has 0 radical (unpaired) electrons. The molecule has 4 aromatic rings. The van der Waals surface area contributed by atoms with E-state index in [1.807, 2.05) is 36.4 Å². The fraction of sp³-hybridized carbons (Fsp3) is 0.233. The topological polar surface area (TPSA) is 59.0 Å². The molecule has 3 aromatic carbocycles. The van der Waals surface area contributed by atoms with E-state index >= 15 is 0 Å². The summed E-state index contributed by atoms with van der Waals surface area (Å²) in [7, 11) is 8.17. The fourth-order valence-electron chi connectivity index (χ4n) is 4.94. The summed E-state index contributed by atoms with van der Waals surface area (Å²) in [5, 5.41) is 1.13. The number of ether oxygens (including phenoxy) is 5. The van der Waals surface area contributed by atoms with Gasteiger partial charge in [0.15, 0.2) is 23.0 Å². The number of hydrogen-bond donors (Lipinski definition) is 0. The molecule has 0 fully saturated rings. The Morgan fingerprint density at radius 3 is 2.06 bits per heavy atom. The van der Waals surface area contributed by atoms with Crippen LogP contribution in [0.15, 0.2) is 60.7 Å². The highest BCUT2D eigenvalue weighted by molar-refractivity contribution is 5.91. The average molecular weight is 484 g/mol. The molecule has 1 unspecified atom stereocenters. The van der Waals surface area contributed by atoms with Crippen LogP contribution in [0.5, 0.6) is 28.7 Å². The lowest BCUT2D eigenvalue weighted by atomic mass is 9.77. The molecule has 0 spiro atoms. The van der Waals surface area contributed by atoms with E-state index in [0.717, 1.165) is 39.7 Å². The minimum absolute atomic E-state index is 0.0445. The Hall–Kier alpha value is -4.19. The quantitative estimate of drug-likeness (QED) is 0.314. The van der Waals surface area contributed by atoms with E-state index in [0.29, 0.717) is 28.7 Å². The molecule has 0 bridgehead atoms. The van der Waals surface area contributed by atoms with Crippen LogP contribution in [0.4, 0.5) is 0 Å². The molecule has 1 aliphatic carbocycles. The Balaban J connectivity index is 1.73. The van der Waals surface area contributed by atoms with Crippen molar-refractivity contribution in [3.8, 4) is 28.7 Å². The van der Waals surface area contributed by atoms with Crippen LogP contribution in [0.3, 0.4) is 0 Å². The average Bonchev–Trinajstić information content (AvgIpc) is 2.93. The van der Waals surface area contributed by atoms with Crippen molar-refractivity contribution in [2.75, 3.05) is 35.5 Å². The molecule has 5 rings (SSSR count). The monoisotopic (exact) mass is 483 g/mol. The number of rotatable bonds is 7. The second-order valence-corrected chi connectivity index (χ2v) is 8.61. The lowest BCUT2D eigenvalue weighted by Gasteiger charge is -2.28. The normalized spacial score (nSPS) is 14.6. The fourth-order valence-corrected chi connectivity index (χ4v) is 4.94. The predicted octanol–water partition coefficient (Wildman–Crippen LogP) is 6.16. The van der Waals surface area contributed by atoms with Crippen molar-refractivity contribution in [3.05, 3.63) is 83.0 Å². The third kappa shape index (κ3) is 4.09. The zero-order chi connectivity index (χ0) is 25.2. The van der Waals surface area contributed by atoms with Gasteiger partial charge in [-0.25, -0.2) is 4.98 Å². The van der Waals surface area contributed by atoms with Gasteiger partial charge in [0.05, 0.1) is 46.8 Å². The lowest BCUT2D eigenvalue weighted by molar-refractivity contribution is 0.324. The Labute approximate surface area is 211 Å². The van der Waals surface area contributed by atoms with Gasteiger partial charge >= 0.3 is 0 Å². The van der Waals surface area contributed by atoms with Crippen LogP contribution in [-0.4, -0.2) is 40.5 Å². The van der Waals surface area contributed by atoms with E-state index in [4.69, 9.17) is 28.7 Å². The number of allylic oxidation sites excluding steroid dienone is 1. The van der Waals surface area contributed by atoms with Gasteiger partial charge in [0, 0.05) is 11.3 Å². The summed E-state index contributed by atoms with van der Waals surface area (Å²) in [5.41, 5.74) is 6.34. The molecule has 6 nitrogen and oxygen atoms in total. The van der Waals surface area contributed by atoms with Crippen LogP contribution in [0.1, 0.15) is 28.3 Å². The Morgan fingerprint density at radius 2 is 1.39 bits per heavy atom. The number of benzene rings is 3. The van der Waals surface area contributed by atoms with Crippen LogP contribution >= 0.6 is 0 Å². The molecule has 1 aromatic heterocycles. The first kappa shape index (κ1) is 23.5. The van der Waals surface area contributed by atoms with E-state index in [9.17, 15) is 0 Å². The van der Waals surface area contributed by atoms with Crippen LogP contribution in [0, 0.1) is 0 Å². The van der Waals surface area contributed by atoms with Crippen molar-refractivity contribution in [2.24, 2.45) is 0 Å². The molecular formula is C30H29NO5. The number of nitrogens with zero attached hydrogens (tertiary/aromatic N) is 1. The minimum Gasteiger partial charge on any atom is -0.493 e. The van der Waals surface area contributed by atoms with Gasteiger partial charge < -0.3 is 23.7 Å². The maximum atomic E-state index is 5.66. The van der Waals surface area contributed by atoms with Gasteiger partial charge in [0.25, 0.3) is 0 Å². The molecule has 6 heteroatoms. The number of hydrogen-bond acceptors (Lipinski definition) is 6. The van der Waals surface area contributed by atoms with Crippen molar-refractivity contribution < 1.29 is 23.7 Å². The summed E-state index contributed by atoms with van der Waals surface area (Å²) in [6, 6.07) is 20.5. The molecule has 1 heterocycles. The van der Waals surface area contributed by atoms with Crippen molar-refractivity contribution in [1.29, 1.82) is 0 Å². The maximum absolute atomic E-state index is 5.66. The standard InChI is InChI=1S/C30H29NO5/c1-32-26-11-10-18(14-27(26)33-2)22-13-21-12-19-8-6-7-9-24(19)31-25(21)17-23(22)20-15-28(34-3)30(36-5)29(16-20)35-4/h6-12,14-17,22H,13H2,1-5H3. The van der Waals surface area contributed by atoms with Gasteiger partial charge in [-0.05, 0) is 71.2 Å². The second kappa shape index (κ2) is 9.82. The zero-order valence-electron chi connectivity index (χ0n) is 21.1. The summed E-state index contributed by atoms with van der Waals surface area (Å²) < 4.78 is 28.0. The van der Waals surface area contributed by atoms with E-state index in [-0.39, 0.29) is 5.92 Å². The van der Waals surface area contributed by atoms with Crippen LogP contribution in [-0.2, 0) is 6.42 Å². The first-order valence-electron chi connectivity index (χ1n) is 11.7. The first-order valence-corrected chi connectivity index (χ1v) is 11.7. The number of aromatic nitrogens is 1. The molecule has 1 atom stereocenters. The molecule has 0 saturated heterocycles. The van der Waals surface area contributed by atoms with Crippen molar-refractivity contribution >= 4 is 22.6 Å². The summed E-state index contributed by atoms with van der Waals surface area (Å²) in [4.78, 5) is 4.99. The molecule has 0 aliphatic heterocycles. The highest BCUT2D eigenvalue weighted by Gasteiger charge is 2.28. The van der Waals surface area contributed by atoms with Gasteiger partial charge in [-0.2, -0.15) is 0 Å². The van der Waals surface area contributed by atoms with E-state index in [1.165, 1.54) is 5.56 Å². The highest BCUT2D eigenvalue weighted by atomic mass is 16.5.